The second-order valence-corrected chi connectivity index (χ2v) is 6.33. The second-order valence-electron chi connectivity index (χ2n) is 6.33. The average Bonchev–Trinajstić information content (AvgIpc) is 2.78. The van der Waals surface area contributed by atoms with Gasteiger partial charge >= 0.3 is 0 Å². The molecule has 5 heteroatoms. The van der Waals surface area contributed by atoms with Gasteiger partial charge in [-0.15, -0.1) is 0 Å². The summed E-state index contributed by atoms with van der Waals surface area (Å²) in [5.74, 6) is 0.333. The normalized spacial score (nSPS) is 27.2. The van der Waals surface area contributed by atoms with Gasteiger partial charge in [0.15, 0.2) is 0 Å². The first-order valence-corrected chi connectivity index (χ1v) is 7.98. The summed E-state index contributed by atoms with van der Waals surface area (Å²) >= 11 is 0. The van der Waals surface area contributed by atoms with E-state index in [0.29, 0.717) is 11.9 Å². The lowest BCUT2D eigenvalue weighted by Gasteiger charge is -2.40. The number of β-amino-alcohol motifs (C(OH)–C–C–N with tert-alkyl or cyclic N) is 1. The van der Waals surface area contributed by atoms with Crippen LogP contribution in [0.25, 0.3) is 0 Å². The predicted octanol–water partition coefficient (Wildman–Crippen LogP) is 0.386. The van der Waals surface area contributed by atoms with Gasteiger partial charge in [0, 0.05) is 51.7 Å². The summed E-state index contributed by atoms with van der Waals surface area (Å²) in [6.45, 7) is 11.0. The lowest BCUT2D eigenvalue weighted by atomic mass is 10.1. The molecule has 0 aromatic carbocycles. The molecule has 0 saturated carbocycles. The van der Waals surface area contributed by atoms with Gasteiger partial charge in [0.1, 0.15) is 0 Å². The fourth-order valence-electron chi connectivity index (χ4n) is 3.31. The van der Waals surface area contributed by atoms with Crippen LogP contribution in [0.15, 0.2) is 0 Å². The lowest BCUT2D eigenvalue weighted by Crippen LogP contribution is -2.53. The van der Waals surface area contributed by atoms with Gasteiger partial charge in [0.05, 0.1) is 6.10 Å². The number of aliphatic hydroxyl groups excluding tert-OH is 1. The fraction of sp³-hybridized carbons (Fsp3) is 0.933. The van der Waals surface area contributed by atoms with Crippen molar-refractivity contribution in [1.82, 2.24) is 14.7 Å². The molecule has 116 valence electrons. The number of likely N-dealkylation sites (tertiary alicyclic amines) is 1. The number of carbonyl (C=O) groups is 1. The van der Waals surface area contributed by atoms with Gasteiger partial charge in [0.2, 0.25) is 5.91 Å². The van der Waals surface area contributed by atoms with Crippen molar-refractivity contribution in [3.05, 3.63) is 0 Å². The molecule has 2 fully saturated rings. The third-order valence-corrected chi connectivity index (χ3v) is 4.42. The van der Waals surface area contributed by atoms with Gasteiger partial charge in [-0.1, -0.05) is 0 Å². The lowest BCUT2D eigenvalue weighted by molar-refractivity contribution is -0.127. The number of piperazine rings is 1. The topological polar surface area (TPSA) is 47.0 Å². The minimum atomic E-state index is -0.245. The van der Waals surface area contributed by atoms with Crippen LogP contribution in [-0.2, 0) is 4.79 Å². The molecule has 0 aliphatic carbocycles. The van der Waals surface area contributed by atoms with Crippen molar-refractivity contribution >= 4 is 5.91 Å². The van der Waals surface area contributed by atoms with Gasteiger partial charge in [-0.2, -0.15) is 0 Å². The molecule has 1 N–H and O–H groups in total. The number of nitrogens with zero attached hydrogens (tertiary/aromatic N) is 3. The smallest absolute Gasteiger partial charge is 0.222 e. The molecule has 0 radical (unpaired) electrons. The molecular formula is C15H29N3O2. The Balaban J connectivity index is 1.64. The van der Waals surface area contributed by atoms with E-state index in [0.717, 1.165) is 65.1 Å². The van der Waals surface area contributed by atoms with Gasteiger partial charge in [0.25, 0.3) is 0 Å². The SMILES string of the molecule is C[C@@H](O)CN1CCN(CCCN2CCCC2=O)C[C@@H]1C. The van der Waals surface area contributed by atoms with Gasteiger partial charge in [-0.3, -0.25) is 9.69 Å². The third kappa shape index (κ3) is 4.43. The largest absolute Gasteiger partial charge is 0.392 e. The average molecular weight is 283 g/mol. The summed E-state index contributed by atoms with van der Waals surface area (Å²) in [5.41, 5.74) is 0. The molecule has 20 heavy (non-hydrogen) atoms. The summed E-state index contributed by atoms with van der Waals surface area (Å²) < 4.78 is 0. The standard InChI is InChI=1S/C15H29N3O2/c1-13-11-16(9-10-18(13)12-14(2)19)6-4-8-17-7-3-5-15(17)20/h13-14,19H,3-12H2,1-2H3/t13-,14+/m0/s1. The van der Waals surface area contributed by atoms with Gasteiger partial charge in [-0.25, -0.2) is 0 Å². The molecule has 2 saturated heterocycles. The maximum atomic E-state index is 11.5. The Hall–Kier alpha value is -0.650. The van der Waals surface area contributed by atoms with Crippen LogP contribution in [0.2, 0.25) is 0 Å². The molecule has 0 aromatic heterocycles. The summed E-state index contributed by atoms with van der Waals surface area (Å²) in [5, 5.41) is 9.48. The van der Waals surface area contributed by atoms with Crippen LogP contribution in [0.3, 0.4) is 0 Å². The molecule has 0 spiro atoms. The molecule has 2 rings (SSSR count). The highest BCUT2D eigenvalue weighted by Crippen LogP contribution is 2.12. The van der Waals surface area contributed by atoms with Crippen molar-refractivity contribution < 1.29 is 9.90 Å². The number of aliphatic hydroxyl groups is 1. The summed E-state index contributed by atoms with van der Waals surface area (Å²) in [4.78, 5) is 18.4. The van der Waals surface area contributed by atoms with Crippen LogP contribution < -0.4 is 0 Å². The van der Waals surface area contributed by atoms with E-state index in [9.17, 15) is 9.90 Å². The molecule has 0 bridgehead atoms. The minimum Gasteiger partial charge on any atom is -0.392 e. The van der Waals surface area contributed by atoms with Crippen LogP contribution in [0, 0.1) is 0 Å². The Bertz CT molecular complexity index is 322. The van der Waals surface area contributed by atoms with E-state index in [-0.39, 0.29) is 6.10 Å². The summed E-state index contributed by atoms with van der Waals surface area (Å²) in [6.07, 6.45) is 2.61. The molecule has 2 aliphatic rings. The van der Waals surface area contributed by atoms with Gasteiger partial charge < -0.3 is 14.9 Å². The zero-order valence-corrected chi connectivity index (χ0v) is 12.9. The van der Waals surface area contributed by atoms with Crippen LogP contribution in [0.5, 0.6) is 0 Å². The predicted molar refractivity (Wildman–Crippen MR) is 79.6 cm³/mol. The molecule has 0 aromatic rings. The van der Waals surface area contributed by atoms with Crippen LogP contribution in [0.1, 0.15) is 33.1 Å². The highest BCUT2D eigenvalue weighted by atomic mass is 16.3. The van der Waals surface area contributed by atoms with E-state index in [1.807, 2.05) is 11.8 Å². The Labute approximate surface area is 122 Å². The van der Waals surface area contributed by atoms with Crippen molar-refractivity contribution in [3.8, 4) is 0 Å². The quantitative estimate of drug-likeness (QED) is 0.766. The maximum Gasteiger partial charge on any atom is 0.222 e. The van der Waals surface area contributed by atoms with Crippen molar-refractivity contribution in [2.24, 2.45) is 0 Å². The monoisotopic (exact) mass is 283 g/mol. The van der Waals surface area contributed by atoms with E-state index >= 15 is 0 Å². The van der Waals surface area contributed by atoms with Crippen molar-refractivity contribution in [2.45, 2.75) is 45.3 Å². The van der Waals surface area contributed by atoms with E-state index in [1.165, 1.54) is 0 Å². The Morgan fingerprint density at radius 1 is 1.30 bits per heavy atom. The molecule has 2 aliphatic heterocycles. The van der Waals surface area contributed by atoms with E-state index in [1.54, 1.807) is 0 Å². The van der Waals surface area contributed by atoms with Gasteiger partial charge in [-0.05, 0) is 33.2 Å². The second kappa shape index (κ2) is 7.38. The molecule has 2 heterocycles. The fourth-order valence-corrected chi connectivity index (χ4v) is 3.31. The molecule has 0 unspecified atom stereocenters. The first-order valence-electron chi connectivity index (χ1n) is 7.98. The van der Waals surface area contributed by atoms with Crippen molar-refractivity contribution in [1.29, 1.82) is 0 Å². The summed E-state index contributed by atoms with van der Waals surface area (Å²) in [7, 11) is 0. The highest BCUT2D eigenvalue weighted by Gasteiger charge is 2.24. The third-order valence-electron chi connectivity index (χ3n) is 4.42. The molecule has 1 amide bonds. The molecule has 5 nitrogen and oxygen atoms in total. The zero-order valence-electron chi connectivity index (χ0n) is 12.9. The van der Waals surface area contributed by atoms with E-state index in [2.05, 4.69) is 16.7 Å². The number of amides is 1. The number of hydrogen-bond donors (Lipinski definition) is 1. The van der Waals surface area contributed by atoms with Crippen LogP contribution in [-0.4, -0.2) is 83.7 Å². The van der Waals surface area contributed by atoms with E-state index < -0.39 is 0 Å². The Kier molecular flexibility index (Phi) is 5.81. The first kappa shape index (κ1) is 15.7. The van der Waals surface area contributed by atoms with Crippen LogP contribution in [0.4, 0.5) is 0 Å². The minimum absolute atomic E-state index is 0.245. The highest BCUT2D eigenvalue weighted by molar-refractivity contribution is 5.77. The zero-order chi connectivity index (χ0) is 14.5. The number of rotatable bonds is 6. The molecule has 2 atom stereocenters. The van der Waals surface area contributed by atoms with E-state index in [4.69, 9.17) is 0 Å². The van der Waals surface area contributed by atoms with Crippen molar-refractivity contribution in [3.63, 3.8) is 0 Å². The molecular weight excluding hydrogens is 254 g/mol. The first-order chi connectivity index (χ1) is 9.56. The Morgan fingerprint density at radius 2 is 2.10 bits per heavy atom. The number of hydrogen-bond acceptors (Lipinski definition) is 4. The summed E-state index contributed by atoms with van der Waals surface area (Å²) in [6, 6.07) is 0.506. The van der Waals surface area contributed by atoms with Crippen LogP contribution >= 0.6 is 0 Å². The maximum absolute atomic E-state index is 11.5. The Morgan fingerprint density at radius 3 is 2.70 bits per heavy atom. The van der Waals surface area contributed by atoms with Crippen molar-refractivity contribution in [2.75, 3.05) is 45.8 Å². The number of carbonyl (C=O) groups excluding carboxylic acids is 1.